The van der Waals surface area contributed by atoms with Crippen molar-refractivity contribution in [1.29, 1.82) is 0 Å². The van der Waals surface area contributed by atoms with Crippen LogP contribution < -0.4 is 16.0 Å². The highest BCUT2D eigenvalue weighted by atomic mass is 16.5. The van der Waals surface area contributed by atoms with Gasteiger partial charge in [-0.3, -0.25) is 19.2 Å². The SMILES string of the molecule is C[C@H](NC(=O)c1ccccc1C(=O)NC[C@H]1O[C@@H](CC(=O)N[C@@H](CCC(=O)O)C(=O)O)[C@@H](O)[C@@H](O)[C@@H]1O)c1ccccc1. The monoisotopic (exact) mass is 601 g/mol. The topological polar surface area (TPSA) is 232 Å². The van der Waals surface area contributed by atoms with Gasteiger partial charge in [0.15, 0.2) is 0 Å². The summed E-state index contributed by atoms with van der Waals surface area (Å²) in [6.07, 6.45) is -9.38. The van der Waals surface area contributed by atoms with Gasteiger partial charge < -0.3 is 46.2 Å². The smallest absolute Gasteiger partial charge is 0.326 e. The highest BCUT2D eigenvalue weighted by Gasteiger charge is 2.44. The molecule has 0 saturated carbocycles. The fraction of sp³-hybridized carbons (Fsp3) is 0.414. The molecular weight excluding hydrogens is 566 g/mol. The number of carbonyl (C=O) groups excluding carboxylic acids is 3. The number of ether oxygens (including phenoxy) is 1. The van der Waals surface area contributed by atoms with Gasteiger partial charge in [-0.1, -0.05) is 42.5 Å². The van der Waals surface area contributed by atoms with Gasteiger partial charge in [0, 0.05) is 13.0 Å². The molecule has 0 radical (unpaired) electrons. The summed E-state index contributed by atoms with van der Waals surface area (Å²) in [4.78, 5) is 60.7. The fourth-order valence-corrected chi connectivity index (χ4v) is 4.59. The number of carbonyl (C=O) groups is 5. The summed E-state index contributed by atoms with van der Waals surface area (Å²) in [5, 5.41) is 56.7. The van der Waals surface area contributed by atoms with Crippen molar-refractivity contribution in [2.24, 2.45) is 0 Å². The van der Waals surface area contributed by atoms with Crippen molar-refractivity contribution in [3.05, 3.63) is 71.3 Å². The average molecular weight is 602 g/mol. The number of carboxylic acids is 2. The van der Waals surface area contributed by atoms with Crippen molar-refractivity contribution in [1.82, 2.24) is 16.0 Å². The number of aliphatic hydroxyl groups excluding tert-OH is 3. The molecule has 14 heteroatoms. The van der Waals surface area contributed by atoms with E-state index in [9.17, 15) is 44.4 Å². The lowest BCUT2D eigenvalue weighted by atomic mass is 9.93. The molecule has 7 atom stereocenters. The molecule has 14 nitrogen and oxygen atoms in total. The largest absolute Gasteiger partial charge is 0.481 e. The second-order valence-electron chi connectivity index (χ2n) is 10.1. The third-order valence-electron chi connectivity index (χ3n) is 7.01. The summed E-state index contributed by atoms with van der Waals surface area (Å²) < 4.78 is 5.60. The van der Waals surface area contributed by atoms with Crippen molar-refractivity contribution < 1.29 is 54.2 Å². The first-order valence-electron chi connectivity index (χ1n) is 13.6. The molecule has 8 N–H and O–H groups in total. The van der Waals surface area contributed by atoms with Gasteiger partial charge in [0.2, 0.25) is 5.91 Å². The molecule has 1 fully saturated rings. The average Bonchev–Trinajstić information content (AvgIpc) is 2.98. The lowest BCUT2D eigenvalue weighted by molar-refractivity contribution is -0.220. The number of hydrogen-bond donors (Lipinski definition) is 8. The van der Waals surface area contributed by atoms with E-state index >= 15 is 0 Å². The Morgan fingerprint density at radius 2 is 1.37 bits per heavy atom. The highest BCUT2D eigenvalue weighted by Crippen LogP contribution is 2.23. The fourth-order valence-electron chi connectivity index (χ4n) is 4.59. The van der Waals surface area contributed by atoms with Crippen molar-refractivity contribution in [2.75, 3.05) is 6.54 Å². The molecule has 0 aliphatic carbocycles. The maximum atomic E-state index is 13.1. The minimum absolute atomic E-state index is 0.0307. The predicted octanol–water partition coefficient (Wildman–Crippen LogP) is -0.418. The van der Waals surface area contributed by atoms with Gasteiger partial charge in [-0.15, -0.1) is 0 Å². The van der Waals surface area contributed by atoms with Crippen molar-refractivity contribution in [2.45, 2.75) is 68.8 Å². The molecule has 2 aromatic carbocycles. The zero-order valence-electron chi connectivity index (χ0n) is 23.3. The number of amides is 3. The molecule has 1 heterocycles. The van der Waals surface area contributed by atoms with Crippen LogP contribution in [0, 0.1) is 0 Å². The summed E-state index contributed by atoms with van der Waals surface area (Å²) in [6, 6.07) is 13.4. The molecule has 0 bridgehead atoms. The lowest BCUT2D eigenvalue weighted by Gasteiger charge is -2.40. The summed E-state index contributed by atoms with van der Waals surface area (Å²) in [5.41, 5.74) is 0.987. The van der Waals surface area contributed by atoms with Crippen LogP contribution in [0.4, 0.5) is 0 Å². The zero-order chi connectivity index (χ0) is 31.7. The molecule has 1 aliphatic heterocycles. The Kier molecular flexibility index (Phi) is 11.7. The maximum Gasteiger partial charge on any atom is 0.326 e. The number of benzene rings is 2. The Bertz CT molecular complexity index is 1310. The highest BCUT2D eigenvalue weighted by molar-refractivity contribution is 6.07. The Labute approximate surface area is 246 Å². The molecule has 0 spiro atoms. The van der Waals surface area contributed by atoms with Crippen LogP contribution in [0.3, 0.4) is 0 Å². The molecule has 1 saturated heterocycles. The molecule has 2 aromatic rings. The molecule has 43 heavy (non-hydrogen) atoms. The second-order valence-corrected chi connectivity index (χ2v) is 10.1. The summed E-state index contributed by atoms with van der Waals surface area (Å²) in [6.45, 7) is 1.42. The summed E-state index contributed by atoms with van der Waals surface area (Å²) in [5.74, 6) is -4.80. The Morgan fingerprint density at radius 3 is 1.98 bits per heavy atom. The molecule has 3 rings (SSSR count). The van der Waals surface area contributed by atoms with E-state index in [-0.39, 0.29) is 30.1 Å². The quantitative estimate of drug-likeness (QED) is 0.147. The van der Waals surface area contributed by atoms with Crippen LogP contribution in [0.5, 0.6) is 0 Å². The van der Waals surface area contributed by atoms with Gasteiger partial charge in [0.05, 0.1) is 29.7 Å². The maximum absolute atomic E-state index is 13.1. The Hall–Kier alpha value is -4.37. The van der Waals surface area contributed by atoms with E-state index in [0.29, 0.717) is 0 Å². The van der Waals surface area contributed by atoms with Crippen LogP contribution in [0.2, 0.25) is 0 Å². The predicted molar refractivity (Wildman–Crippen MR) is 149 cm³/mol. The van der Waals surface area contributed by atoms with Crippen LogP contribution in [0.1, 0.15) is 58.5 Å². The second kappa shape index (κ2) is 15.2. The van der Waals surface area contributed by atoms with E-state index in [1.54, 1.807) is 19.1 Å². The van der Waals surface area contributed by atoms with Crippen molar-refractivity contribution in [3.63, 3.8) is 0 Å². The number of nitrogens with one attached hydrogen (secondary N) is 3. The molecular formula is C29H35N3O11. The number of hydrogen-bond acceptors (Lipinski definition) is 9. The Balaban J connectivity index is 1.63. The summed E-state index contributed by atoms with van der Waals surface area (Å²) >= 11 is 0. The normalized spacial score (nSPS) is 22.9. The first kappa shape index (κ1) is 33.1. The van der Waals surface area contributed by atoms with Crippen LogP contribution in [-0.2, 0) is 19.1 Å². The third-order valence-corrected chi connectivity index (χ3v) is 7.01. The summed E-state index contributed by atoms with van der Waals surface area (Å²) in [7, 11) is 0. The zero-order valence-corrected chi connectivity index (χ0v) is 23.3. The lowest BCUT2D eigenvalue weighted by Crippen LogP contribution is -2.60. The minimum atomic E-state index is -1.77. The van der Waals surface area contributed by atoms with Crippen LogP contribution in [-0.4, -0.2) is 98.3 Å². The van der Waals surface area contributed by atoms with E-state index < -0.39 is 79.1 Å². The first-order valence-corrected chi connectivity index (χ1v) is 13.6. The van der Waals surface area contributed by atoms with Gasteiger partial charge in [-0.05, 0) is 31.0 Å². The number of aliphatic carboxylic acids is 2. The standard InChI is InChI=1S/C29H35N3O11/c1-15(16-7-3-2-4-8-16)31-28(40)18-10-6-5-9-17(18)27(39)30-14-21-25(37)26(38)24(36)20(43-21)13-22(33)32-19(29(41)42)11-12-23(34)35/h2-10,15,19-21,24-26,36-38H,11-14H2,1H3,(H,30,39)(H,31,40)(H,32,33)(H,34,35)(H,41,42)/t15-,19-,20-,21+,24+,25+,26+/m0/s1. The van der Waals surface area contributed by atoms with Gasteiger partial charge in [0.1, 0.15) is 30.5 Å². The number of rotatable bonds is 13. The molecule has 0 unspecified atom stereocenters. The van der Waals surface area contributed by atoms with E-state index in [4.69, 9.17) is 9.84 Å². The van der Waals surface area contributed by atoms with Gasteiger partial charge in [0.25, 0.3) is 11.8 Å². The van der Waals surface area contributed by atoms with Crippen LogP contribution in [0.25, 0.3) is 0 Å². The van der Waals surface area contributed by atoms with E-state index in [1.807, 2.05) is 30.3 Å². The van der Waals surface area contributed by atoms with E-state index in [2.05, 4.69) is 16.0 Å². The van der Waals surface area contributed by atoms with Crippen molar-refractivity contribution in [3.8, 4) is 0 Å². The molecule has 1 aliphatic rings. The Morgan fingerprint density at radius 1 is 0.791 bits per heavy atom. The van der Waals surface area contributed by atoms with Crippen LogP contribution >= 0.6 is 0 Å². The first-order chi connectivity index (χ1) is 20.4. The minimum Gasteiger partial charge on any atom is -0.481 e. The van der Waals surface area contributed by atoms with Gasteiger partial charge >= 0.3 is 11.9 Å². The molecule has 0 aromatic heterocycles. The number of aliphatic hydroxyl groups is 3. The third kappa shape index (κ3) is 9.06. The molecule has 232 valence electrons. The van der Waals surface area contributed by atoms with Crippen molar-refractivity contribution >= 4 is 29.7 Å². The van der Waals surface area contributed by atoms with Gasteiger partial charge in [-0.25, -0.2) is 4.79 Å². The van der Waals surface area contributed by atoms with Gasteiger partial charge in [-0.2, -0.15) is 0 Å². The van der Waals surface area contributed by atoms with E-state index in [1.165, 1.54) is 12.1 Å². The van der Waals surface area contributed by atoms with E-state index in [0.717, 1.165) is 5.56 Å². The number of carboxylic acid groups (broad SMARTS) is 2. The molecule has 3 amide bonds. The van der Waals surface area contributed by atoms with Crippen LogP contribution in [0.15, 0.2) is 54.6 Å².